The predicted octanol–water partition coefficient (Wildman–Crippen LogP) is 4.65. The minimum absolute atomic E-state index is 0.298. The van der Waals surface area contributed by atoms with Crippen molar-refractivity contribution in [3.05, 3.63) is 71.1 Å². The molecule has 0 spiro atoms. The van der Waals surface area contributed by atoms with E-state index < -0.39 is 0 Å². The number of thiophene rings is 1. The Morgan fingerprint density at radius 2 is 2.00 bits per heavy atom. The van der Waals surface area contributed by atoms with Gasteiger partial charge >= 0.3 is 0 Å². The number of rotatable bonds is 6. The Hall–Kier alpha value is -2.35. The van der Waals surface area contributed by atoms with Gasteiger partial charge in [0.05, 0.1) is 16.3 Å². The van der Waals surface area contributed by atoms with Gasteiger partial charge in [0, 0.05) is 18.0 Å². The second-order valence-electron chi connectivity index (χ2n) is 6.14. The zero-order valence-electron chi connectivity index (χ0n) is 14.6. The second-order valence-corrected chi connectivity index (χ2v) is 7.95. The number of nitrogens with zero attached hydrogens (tertiary/aromatic N) is 5. The van der Waals surface area contributed by atoms with Crippen LogP contribution in [0.2, 0.25) is 0 Å². The van der Waals surface area contributed by atoms with E-state index in [-0.39, 0.29) is 0 Å². The van der Waals surface area contributed by atoms with Crippen molar-refractivity contribution in [3.8, 4) is 15.6 Å². The molecule has 4 rings (SSSR count). The molecule has 0 amide bonds. The lowest BCUT2D eigenvalue weighted by atomic mass is 10.1. The maximum absolute atomic E-state index is 4.79. The third-order valence-electron chi connectivity index (χ3n) is 4.42. The highest BCUT2D eigenvalue weighted by molar-refractivity contribution is 7.20. The fourth-order valence-electron chi connectivity index (χ4n) is 2.79. The third kappa shape index (κ3) is 3.60. The molecule has 0 fully saturated rings. The van der Waals surface area contributed by atoms with Crippen LogP contribution in [0, 0.1) is 0 Å². The molecule has 3 aromatic heterocycles. The first-order valence-electron chi connectivity index (χ1n) is 8.34. The van der Waals surface area contributed by atoms with Gasteiger partial charge in [-0.25, -0.2) is 14.6 Å². The Bertz CT molecular complexity index is 942. The van der Waals surface area contributed by atoms with Crippen LogP contribution in [0.3, 0.4) is 0 Å². The molecule has 0 bridgehead atoms. The monoisotopic (exact) mass is 381 g/mol. The number of aromatic nitrogens is 4. The number of benzene rings is 1. The van der Waals surface area contributed by atoms with Gasteiger partial charge in [0.1, 0.15) is 17.7 Å². The Labute approximate surface area is 160 Å². The fourth-order valence-corrected chi connectivity index (χ4v) is 4.41. The van der Waals surface area contributed by atoms with E-state index in [4.69, 9.17) is 4.98 Å². The van der Waals surface area contributed by atoms with Crippen molar-refractivity contribution in [1.82, 2.24) is 24.6 Å². The van der Waals surface area contributed by atoms with Crippen LogP contribution in [0.1, 0.15) is 24.2 Å². The summed E-state index contributed by atoms with van der Waals surface area (Å²) < 4.78 is 1.76. The van der Waals surface area contributed by atoms with E-state index in [9.17, 15) is 0 Å². The summed E-state index contributed by atoms with van der Waals surface area (Å²) in [7, 11) is 2.14. The van der Waals surface area contributed by atoms with Crippen LogP contribution in [0.15, 0.2) is 59.8 Å². The van der Waals surface area contributed by atoms with Gasteiger partial charge < -0.3 is 0 Å². The minimum Gasteiger partial charge on any atom is -0.294 e. The van der Waals surface area contributed by atoms with Crippen LogP contribution in [0.5, 0.6) is 0 Å². The van der Waals surface area contributed by atoms with Gasteiger partial charge in [0.2, 0.25) is 0 Å². The van der Waals surface area contributed by atoms with Crippen molar-refractivity contribution in [3.63, 3.8) is 0 Å². The molecule has 1 atom stereocenters. The van der Waals surface area contributed by atoms with E-state index in [0.29, 0.717) is 6.04 Å². The van der Waals surface area contributed by atoms with Gasteiger partial charge in [-0.05, 0) is 43.1 Å². The smallest absolute Gasteiger partial charge is 0.138 e. The highest BCUT2D eigenvalue weighted by atomic mass is 32.1. The third-order valence-corrected chi connectivity index (χ3v) is 6.35. The lowest BCUT2D eigenvalue weighted by molar-refractivity contribution is 0.250. The van der Waals surface area contributed by atoms with Gasteiger partial charge in [-0.15, -0.1) is 22.7 Å². The lowest BCUT2D eigenvalue weighted by Gasteiger charge is -2.24. The van der Waals surface area contributed by atoms with E-state index >= 15 is 0 Å². The van der Waals surface area contributed by atoms with Crippen molar-refractivity contribution in [2.75, 3.05) is 7.05 Å². The molecule has 0 N–H and O–H groups in total. The normalized spacial score (nSPS) is 12.6. The molecule has 26 heavy (non-hydrogen) atoms. The summed E-state index contributed by atoms with van der Waals surface area (Å²) in [5.41, 5.74) is 3.40. The summed E-state index contributed by atoms with van der Waals surface area (Å²) in [4.78, 5) is 12.3. The van der Waals surface area contributed by atoms with E-state index in [1.165, 1.54) is 10.4 Å². The SMILES string of the molecule is CC(c1ccc(-n2cncn2)cc1)N(C)Cc1csc(-c2cccs2)n1. The summed E-state index contributed by atoms with van der Waals surface area (Å²) >= 11 is 3.45. The summed E-state index contributed by atoms with van der Waals surface area (Å²) in [6.07, 6.45) is 3.25. The first-order valence-corrected chi connectivity index (χ1v) is 10.1. The van der Waals surface area contributed by atoms with Crippen molar-refractivity contribution < 1.29 is 0 Å². The maximum Gasteiger partial charge on any atom is 0.138 e. The van der Waals surface area contributed by atoms with Crippen molar-refractivity contribution >= 4 is 22.7 Å². The Morgan fingerprint density at radius 3 is 2.69 bits per heavy atom. The quantitative estimate of drug-likeness (QED) is 0.488. The molecule has 0 aliphatic rings. The molecular weight excluding hydrogens is 362 g/mol. The summed E-state index contributed by atoms with van der Waals surface area (Å²) in [5.74, 6) is 0. The Morgan fingerprint density at radius 1 is 1.15 bits per heavy atom. The standard InChI is InChI=1S/C19H19N5S2/c1-14(15-5-7-17(8-6-15)24-13-20-12-21-24)23(2)10-16-11-26-19(22-16)18-4-3-9-25-18/h3-9,11-14H,10H2,1-2H3. The maximum atomic E-state index is 4.79. The fraction of sp³-hybridized carbons (Fsp3) is 0.211. The minimum atomic E-state index is 0.298. The highest BCUT2D eigenvalue weighted by Gasteiger charge is 2.14. The molecule has 0 aliphatic carbocycles. The molecule has 0 aliphatic heterocycles. The van der Waals surface area contributed by atoms with Gasteiger partial charge in [0.15, 0.2) is 0 Å². The number of hydrogen-bond acceptors (Lipinski definition) is 6. The Balaban J connectivity index is 1.43. The van der Waals surface area contributed by atoms with E-state index in [2.05, 4.69) is 76.1 Å². The molecule has 0 saturated heterocycles. The molecule has 0 radical (unpaired) electrons. The van der Waals surface area contributed by atoms with Crippen molar-refractivity contribution in [2.24, 2.45) is 0 Å². The summed E-state index contributed by atoms with van der Waals surface area (Å²) in [6.45, 7) is 3.05. The van der Waals surface area contributed by atoms with Gasteiger partial charge in [-0.2, -0.15) is 5.10 Å². The zero-order chi connectivity index (χ0) is 17.9. The van der Waals surface area contributed by atoms with E-state index in [1.807, 2.05) is 0 Å². The molecule has 132 valence electrons. The number of hydrogen-bond donors (Lipinski definition) is 0. The van der Waals surface area contributed by atoms with Gasteiger partial charge in [-0.3, -0.25) is 4.90 Å². The van der Waals surface area contributed by atoms with Crippen LogP contribution >= 0.6 is 22.7 Å². The molecule has 5 nitrogen and oxygen atoms in total. The molecule has 7 heteroatoms. The average molecular weight is 382 g/mol. The van der Waals surface area contributed by atoms with Crippen LogP contribution < -0.4 is 0 Å². The van der Waals surface area contributed by atoms with E-state index in [0.717, 1.165) is 22.9 Å². The Kier molecular flexibility index (Phi) is 4.92. The highest BCUT2D eigenvalue weighted by Crippen LogP contribution is 2.29. The molecule has 1 unspecified atom stereocenters. The van der Waals surface area contributed by atoms with E-state index in [1.54, 1.807) is 40.0 Å². The lowest BCUT2D eigenvalue weighted by Crippen LogP contribution is -2.22. The van der Waals surface area contributed by atoms with Crippen molar-refractivity contribution in [1.29, 1.82) is 0 Å². The summed E-state index contributed by atoms with van der Waals surface area (Å²) in [6, 6.07) is 12.9. The predicted molar refractivity (Wildman–Crippen MR) is 107 cm³/mol. The average Bonchev–Trinajstić information content (AvgIpc) is 3.42. The first-order chi connectivity index (χ1) is 12.7. The first kappa shape index (κ1) is 17.1. The molecular formula is C19H19N5S2. The summed E-state index contributed by atoms with van der Waals surface area (Å²) in [5, 5.41) is 9.52. The number of thiazole rings is 1. The van der Waals surface area contributed by atoms with Crippen LogP contribution in [-0.4, -0.2) is 31.7 Å². The second kappa shape index (κ2) is 7.49. The van der Waals surface area contributed by atoms with Crippen LogP contribution in [-0.2, 0) is 6.54 Å². The van der Waals surface area contributed by atoms with Crippen LogP contribution in [0.4, 0.5) is 0 Å². The molecule has 0 saturated carbocycles. The van der Waals surface area contributed by atoms with Gasteiger partial charge in [0.25, 0.3) is 0 Å². The van der Waals surface area contributed by atoms with Crippen LogP contribution in [0.25, 0.3) is 15.6 Å². The largest absolute Gasteiger partial charge is 0.294 e. The molecule has 1 aromatic carbocycles. The molecule has 4 aromatic rings. The zero-order valence-corrected chi connectivity index (χ0v) is 16.2. The van der Waals surface area contributed by atoms with Crippen molar-refractivity contribution in [2.45, 2.75) is 19.5 Å². The molecule has 3 heterocycles. The topological polar surface area (TPSA) is 46.8 Å². The van der Waals surface area contributed by atoms with Gasteiger partial charge in [-0.1, -0.05) is 18.2 Å².